The smallest absolute Gasteiger partial charge is 0.271 e. The van der Waals surface area contributed by atoms with E-state index in [-0.39, 0.29) is 5.91 Å². The Hall–Kier alpha value is -2.37. The first-order valence-electron chi connectivity index (χ1n) is 6.66. The van der Waals surface area contributed by atoms with E-state index in [0.717, 1.165) is 18.7 Å². The molecule has 2 aromatic rings. The Balaban J connectivity index is 1.85. The monoisotopic (exact) mass is 274 g/mol. The Bertz CT molecular complexity index is 540. The van der Waals surface area contributed by atoms with Gasteiger partial charge in [-0.3, -0.25) is 9.78 Å². The lowest BCUT2D eigenvalue weighted by Crippen LogP contribution is -2.26. The number of furan rings is 1. The zero-order valence-electron chi connectivity index (χ0n) is 11.4. The van der Waals surface area contributed by atoms with Crippen molar-refractivity contribution in [1.82, 2.24) is 15.3 Å². The predicted molar refractivity (Wildman–Crippen MR) is 75.6 cm³/mol. The maximum absolute atomic E-state index is 11.9. The van der Waals surface area contributed by atoms with E-state index in [1.165, 1.54) is 6.20 Å². The van der Waals surface area contributed by atoms with Crippen molar-refractivity contribution in [3.8, 4) is 0 Å². The number of hydrogen-bond donors (Lipinski definition) is 2. The van der Waals surface area contributed by atoms with E-state index in [0.29, 0.717) is 24.5 Å². The molecule has 0 saturated carbocycles. The Morgan fingerprint density at radius 3 is 3.00 bits per heavy atom. The van der Waals surface area contributed by atoms with Gasteiger partial charge in [0.15, 0.2) is 0 Å². The molecule has 2 heterocycles. The molecule has 106 valence electrons. The lowest BCUT2D eigenvalue weighted by Gasteiger charge is -2.06. The van der Waals surface area contributed by atoms with Gasteiger partial charge in [-0.1, -0.05) is 6.92 Å². The summed E-state index contributed by atoms with van der Waals surface area (Å²) >= 11 is 0. The third-order valence-electron chi connectivity index (χ3n) is 2.66. The lowest BCUT2D eigenvalue weighted by atomic mass is 10.3. The van der Waals surface area contributed by atoms with Gasteiger partial charge < -0.3 is 15.1 Å². The molecule has 0 aromatic carbocycles. The van der Waals surface area contributed by atoms with Crippen LogP contribution in [0.15, 0.2) is 35.2 Å². The van der Waals surface area contributed by atoms with E-state index in [1.54, 1.807) is 12.5 Å². The molecule has 0 fully saturated rings. The van der Waals surface area contributed by atoms with E-state index < -0.39 is 0 Å². The summed E-state index contributed by atoms with van der Waals surface area (Å²) < 4.78 is 5.20. The molecular weight excluding hydrogens is 256 g/mol. The SMILES string of the molecule is CCCNc1cncc(C(=O)NCCc2ccco2)n1. The van der Waals surface area contributed by atoms with Crippen molar-refractivity contribution in [2.24, 2.45) is 0 Å². The van der Waals surface area contributed by atoms with Crippen LogP contribution in [-0.2, 0) is 6.42 Å². The summed E-state index contributed by atoms with van der Waals surface area (Å²) in [6.45, 7) is 3.37. The van der Waals surface area contributed by atoms with Crippen LogP contribution in [0.5, 0.6) is 0 Å². The average molecular weight is 274 g/mol. The number of carbonyl (C=O) groups excluding carboxylic acids is 1. The van der Waals surface area contributed by atoms with Crippen LogP contribution < -0.4 is 10.6 Å². The fourth-order valence-electron chi connectivity index (χ4n) is 1.66. The Kier molecular flexibility index (Phi) is 5.11. The number of nitrogens with zero attached hydrogens (tertiary/aromatic N) is 2. The van der Waals surface area contributed by atoms with E-state index in [1.807, 2.05) is 12.1 Å². The first kappa shape index (κ1) is 14.0. The molecule has 1 amide bonds. The molecule has 0 radical (unpaired) electrons. The van der Waals surface area contributed by atoms with Crippen molar-refractivity contribution in [1.29, 1.82) is 0 Å². The molecular formula is C14H18N4O2. The molecule has 0 saturated heterocycles. The number of anilines is 1. The molecule has 0 spiro atoms. The first-order valence-corrected chi connectivity index (χ1v) is 6.66. The highest BCUT2D eigenvalue weighted by atomic mass is 16.3. The average Bonchev–Trinajstić information content (AvgIpc) is 2.98. The molecule has 0 aliphatic heterocycles. The predicted octanol–water partition coefficient (Wildman–Crippen LogP) is 1.86. The van der Waals surface area contributed by atoms with Crippen LogP contribution in [-0.4, -0.2) is 29.0 Å². The lowest BCUT2D eigenvalue weighted by molar-refractivity contribution is 0.0948. The van der Waals surface area contributed by atoms with Crippen molar-refractivity contribution >= 4 is 11.7 Å². The molecule has 2 rings (SSSR count). The largest absolute Gasteiger partial charge is 0.469 e. The molecule has 0 bridgehead atoms. The maximum Gasteiger partial charge on any atom is 0.271 e. The summed E-state index contributed by atoms with van der Waals surface area (Å²) in [5.74, 6) is 1.23. The van der Waals surface area contributed by atoms with Crippen molar-refractivity contribution in [2.75, 3.05) is 18.4 Å². The minimum atomic E-state index is -0.232. The minimum Gasteiger partial charge on any atom is -0.469 e. The highest BCUT2D eigenvalue weighted by Crippen LogP contribution is 2.03. The number of rotatable bonds is 7. The summed E-state index contributed by atoms with van der Waals surface area (Å²) in [7, 11) is 0. The van der Waals surface area contributed by atoms with Crippen LogP contribution in [0.1, 0.15) is 29.6 Å². The van der Waals surface area contributed by atoms with Crippen LogP contribution in [0, 0.1) is 0 Å². The number of nitrogens with one attached hydrogen (secondary N) is 2. The van der Waals surface area contributed by atoms with E-state index in [9.17, 15) is 4.79 Å². The van der Waals surface area contributed by atoms with Crippen LogP contribution in [0.4, 0.5) is 5.82 Å². The maximum atomic E-state index is 11.9. The topological polar surface area (TPSA) is 80.0 Å². The first-order chi connectivity index (χ1) is 9.79. The number of amides is 1. The second-order valence-electron chi connectivity index (χ2n) is 4.30. The van der Waals surface area contributed by atoms with Gasteiger partial charge in [0.05, 0.1) is 18.7 Å². The van der Waals surface area contributed by atoms with Gasteiger partial charge >= 0.3 is 0 Å². The minimum absolute atomic E-state index is 0.232. The second kappa shape index (κ2) is 7.28. The quantitative estimate of drug-likeness (QED) is 0.805. The molecule has 0 atom stereocenters. The van der Waals surface area contributed by atoms with Gasteiger partial charge in [-0.2, -0.15) is 0 Å². The van der Waals surface area contributed by atoms with E-state index in [2.05, 4.69) is 27.5 Å². The molecule has 2 aromatic heterocycles. The van der Waals surface area contributed by atoms with Gasteiger partial charge in [0, 0.05) is 19.5 Å². The number of carbonyl (C=O) groups is 1. The van der Waals surface area contributed by atoms with Crippen LogP contribution in [0.3, 0.4) is 0 Å². The highest BCUT2D eigenvalue weighted by molar-refractivity contribution is 5.92. The molecule has 6 nitrogen and oxygen atoms in total. The van der Waals surface area contributed by atoms with Gasteiger partial charge in [0.1, 0.15) is 17.3 Å². The van der Waals surface area contributed by atoms with Crippen molar-refractivity contribution < 1.29 is 9.21 Å². The summed E-state index contributed by atoms with van der Waals surface area (Å²) in [6.07, 6.45) is 6.32. The number of aromatic nitrogens is 2. The fraction of sp³-hybridized carbons (Fsp3) is 0.357. The van der Waals surface area contributed by atoms with Crippen molar-refractivity contribution in [3.63, 3.8) is 0 Å². The van der Waals surface area contributed by atoms with Gasteiger partial charge in [-0.05, 0) is 18.6 Å². The third kappa shape index (κ3) is 4.08. The van der Waals surface area contributed by atoms with Gasteiger partial charge in [0.25, 0.3) is 5.91 Å². The third-order valence-corrected chi connectivity index (χ3v) is 2.66. The Morgan fingerprint density at radius 1 is 1.35 bits per heavy atom. The van der Waals surface area contributed by atoms with E-state index in [4.69, 9.17) is 4.42 Å². The standard InChI is InChI=1S/C14H18N4O2/c1-2-6-16-13-10-15-9-12(18-13)14(19)17-7-5-11-4-3-8-20-11/h3-4,8-10H,2,5-7H2,1H3,(H,16,18)(H,17,19). The second-order valence-corrected chi connectivity index (χ2v) is 4.30. The molecule has 20 heavy (non-hydrogen) atoms. The van der Waals surface area contributed by atoms with Crippen molar-refractivity contribution in [2.45, 2.75) is 19.8 Å². The summed E-state index contributed by atoms with van der Waals surface area (Å²) in [5.41, 5.74) is 0.311. The van der Waals surface area contributed by atoms with Crippen LogP contribution in [0.25, 0.3) is 0 Å². The summed E-state index contributed by atoms with van der Waals surface area (Å²) in [4.78, 5) is 20.2. The highest BCUT2D eigenvalue weighted by Gasteiger charge is 2.08. The summed E-state index contributed by atoms with van der Waals surface area (Å²) in [5, 5.41) is 5.89. The van der Waals surface area contributed by atoms with Crippen LogP contribution in [0.2, 0.25) is 0 Å². The molecule has 0 aliphatic carbocycles. The summed E-state index contributed by atoms with van der Waals surface area (Å²) in [6, 6.07) is 3.70. The van der Waals surface area contributed by atoms with Gasteiger partial charge in [-0.25, -0.2) is 4.98 Å². The van der Waals surface area contributed by atoms with Crippen molar-refractivity contribution in [3.05, 3.63) is 42.2 Å². The molecule has 0 aliphatic rings. The fourth-order valence-corrected chi connectivity index (χ4v) is 1.66. The number of hydrogen-bond acceptors (Lipinski definition) is 5. The zero-order valence-corrected chi connectivity index (χ0v) is 11.4. The Labute approximate surface area is 117 Å². The van der Waals surface area contributed by atoms with Gasteiger partial charge in [0.2, 0.25) is 0 Å². The molecule has 0 unspecified atom stereocenters. The molecule has 2 N–H and O–H groups in total. The normalized spacial score (nSPS) is 10.2. The zero-order chi connectivity index (χ0) is 14.2. The molecule has 6 heteroatoms. The van der Waals surface area contributed by atoms with Crippen LogP contribution >= 0.6 is 0 Å². The van der Waals surface area contributed by atoms with Gasteiger partial charge in [-0.15, -0.1) is 0 Å². The Morgan fingerprint density at radius 2 is 2.25 bits per heavy atom. The van der Waals surface area contributed by atoms with E-state index >= 15 is 0 Å².